The van der Waals surface area contributed by atoms with E-state index in [1.807, 2.05) is 0 Å². The number of aliphatic hydroxyl groups excluding tert-OH is 1. The predicted octanol–water partition coefficient (Wildman–Crippen LogP) is 3.30. The van der Waals surface area contributed by atoms with Crippen LogP contribution in [0.15, 0.2) is 59.1 Å². The fraction of sp³-hybridized carbons (Fsp3) is 0.111. The van der Waals surface area contributed by atoms with E-state index in [0.717, 1.165) is 0 Å². The average molecular weight is 327 g/mol. The highest BCUT2D eigenvalue weighted by atomic mass is 19.1. The molecule has 0 aliphatic rings. The maximum Gasteiger partial charge on any atom is 0.339 e. The molecule has 0 amide bonds. The molecule has 0 atom stereocenters. The zero-order chi connectivity index (χ0) is 16.9. The van der Waals surface area contributed by atoms with Gasteiger partial charge in [-0.3, -0.25) is 0 Å². The first kappa shape index (κ1) is 15.9. The summed E-state index contributed by atoms with van der Waals surface area (Å²) < 4.78 is 24.4. The van der Waals surface area contributed by atoms with Crippen LogP contribution >= 0.6 is 0 Å². The van der Waals surface area contributed by atoms with Gasteiger partial charge in [-0.15, -0.1) is 0 Å². The summed E-state index contributed by atoms with van der Waals surface area (Å²) in [6.07, 6.45) is 1.41. The van der Waals surface area contributed by atoms with E-state index in [0.29, 0.717) is 5.56 Å². The summed E-state index contributed by atoms with van der Waals surface area (Å²) >= 11 is 0. The number of hydrogen-bond acceptors (Lipinski definition) is 5. The lowest BCUT2D eigenvalue weighted by atomic mass is 10.1. The molecule has 0 unspecified atom stereocenters. The molecule has 0 radical (unpaired) electrons. The zero-order valence-electron chi connectivity index (χ0n) is 12.6. The van der Waals surface area contributed by atoms with Crippen LogP contribution in [-0.2, 0) is 4.74 Å². The molecule has 0 aliphatic heterocycles. The van der Waals surface area contributed by atoms with Crippen LogP contribution < -0.4 is 0 Å². The van der Waals surface area contributed by atoms with Gasteiger partial charge in [-0.2, -0.15) is 0 Å². The largest absolute Gasteiger partial charge is 0.460 e. The number of benzene rings is 2. The number of hydrogen-bond donors (Lipinski definition) is 1. The van der Waals surface area contributed by atoms with Gasteiger partial charge in [-0.25, -0.2) is 14.2 Å². The first-order valence-corrected chi connectivity index (χ1v) is 7.29. The van der Waals surface area contributed by atoms with E-state index in [4.69, 9.17) is 14.3 Å². The molecule has 3 aromatic rings. The molecule has 3 rings (SSSR count). The van der Waals surface area contributed by atoms with Crippen molar-refractivity contribution in [2.75, 3.05) is 13.2 Å². The molecule has 0 spiro atoms. The van der Waals surface area contributed by atoms with Gasteiger partial charge in [0, 0.05) is 0 Å². The normalized spacial score (nSPS) is 10.6. The van der Waals surface area contributed by atoms with Crippen molar-refractivity contribution < 1.29 is 23.4 Å². The van der Waals surface area contributed by atoms with Gasteiger partial charge in [0.2, 0.25) is 5.89 Å². The monoisotopic (exact) mass is 327 g/mol. The molecule has 2 aromatic carbocycles. The van der Waals surface area contributed by atoms with E-state index in [9.17, 15) is 9.18 Å². The Balaban J connectivity index is 1.96. The Labute approximate surface area is 137 Å². The van der Waals surface area contributed by atoms with E-state index >= 15 is 0 Å². The highest BCUT2D eigenvalue weighted by Gasteiger charge is 2.18. The lowest BCUT2D eigenvalue weighted by Gasteiger charge is -2.06. The van der Waals surface area contributed by atoms with E-state index < -0.39 is 11.8 Å². The van der Waals surface area contributed by atoms with Crippen LogP contribution in [-0.4, -0.2) is 29.3 Å². The second-order valence-corrected chi connectivity index (χ2v) is 4.91. The molecule has 5 nitrogen and oxygen atoms in total. The molecule has 0 aliphatic carbocycles. The number of ether oxygens (including phenoxy) is 1. The summed E-state index contributed by atoms with van der Waals surface area (Å²) in [5.41, 5.74) is 0.979. The third-order valence-corrected chi connectivity index (χ3v) is 3.35. The van der Waals surface area contributed by atoms with Crippen molar-refractivity contribution in [1.82, 2.24) is 4.98 Å². The highest BCUT2D eigenvalue weighted by molar-refractivity contribution is 5.96. The van der Waals surface area contributed by atoms with Crippen LogP contribution in [0.4, 0.5) is 4.39 Å². The van der Waals surface area contributed by atoms with Crippen molar-refractivity contribution in [1.29, 1.82) is 0 Å². The summed E-state index contributed by atoms with van der Waals surface area (Å²) in [4.78, 5) is 16.2. The Morgan fingerprint density at radius 1 is 1.12 bits per heavy atom. The van der Waals surface area contributed by atoms with Gasteiger partial charge >= 0.3 is 5.97 Å². The van der Waals surface area contributed by atoms with Crippen molar-refractivity contribution in [3.05, 3.63) is 66.1 Å². The SMILES string of the molecule is O=C(OCCO)c1ccccc1-c1ncc(-c2ccccc2F)o1. The minimum Gasteiger partial charge on any atom is -0.460 e. The third-order valence-electron chi connectivity index (χ3n) is 3.35. The second-order valence-electron chi connectivity index (χ2n) is 4.91. The van der Waals surface area contributed by atoms with Gasteiger partial charge in [0.1, 0.15) is 12.4 Å². The van der Waals surface area contributed by atoms with Crippen molar-refractivity contribution in [3.63, 3.8) is 0 Å². The summed E-state index contributed by atoms with van der Waals surface area (Å²) in [5.74, 6) is -0.562. The lowest BCUT2D eigenvalue weighted by molar-refractivity contribution is 0.0434. The van der Waals surface area contributed by atoms with Crippen LogP contribution in [0.5, 0.6) is 0 Å². The average Bonchev–Trinajstić information content (AvgIpc) is 3.09. The molecule has 0 saturated heterocycles. The highest BCUT2D eigenvalue weighted by Crippen LogP contribution is 2.29. The number of halogens is 1. The van der Waals surface area contributed by atoms with E-state index in [-0.39, 0.29) is 36.0 Å². The topological polar surface area (TPSA) is 72.6 Å². The number of aromatic nitrogens is 1. The van der Waals surface area contributed by atoms with Gasteiger partial charge in [0.05, 0.1) is 29.5 Å². The molecule has 6 heteroatoms. The van der Waals surface area contributed by atoms with E-state index in [1.165, 1.54) is 12.3 Å². The number of carbonyl (C=O) groups is 1. The molecule has 24 heavy (non-hydrogen) atoms. The number of nitrogens with zero attached hydrogens (tertiary/aromatic N) is 1. The first-order chi connectivity index (χ1) is 11.7. The number of carbonyl (C=O) groups excluding carboxylic acids is 1. The number of aliphatic hydroxyl groups is 1. The fourth-order valence-corrected chi connectivity index (χ4v) is 2.25. The molecule has 1 N–H and O–H groups in total. The number of rotatable bonds is 5. The summed E-state index contributed by atoms with van der Waals surface area (Å²) in [7, 11) is 0. The molecule has 0 fully saturated rings. The number of oxazole rings is 1. The predicted molar refractivity (Wildman–Crippen MR) is 84.7 cm³/mol. The smallest absolute Gasteiger partial charge is 0.339 e. The van der Waals surface area contributed by atoms with Gasteiger partial charge < -0.3 is 14.3 Å². The summed E-state index contributed by atoms with van der Waals surface area (Å²) in [6.45, 7) is -0.358. The third kappa shape index (κ3) is 3.18. The van der Waals surface area contributed by atoms with Crippen LogP contribution in [0.2, 0.25) is 0 Å². The van der Waals surface area contributed by atoms with Crippen molar-refractivity contribution in [3.8, 4) is 22.8 Å². The standard InChI is InChI=1S/C18H14FNO4/c19-15-8-4-3-7-14(15)16-11-20-17(24-16)12-5-1-2-6-13(12)18(22)23-10-9-21/h1-8,11,21H,9-10H2. The van der Waals surface area contributed by atoms with Gasteiger partial charge in [-0.1, -0.05) is 24.3 Å². The summed E-state index contributed by atoms with van der Waals surface area (Å²) in [6, 6.07) is 12.8. The van der Waals surface area contributed by atoms with Gasteiger partial charge in [-0.05, 0) is 24.3 Å². The first-order valence-electron chi connectivity index (χ1n) is 7.29. The van der Waals surface area contributed by atoms with Crippen LogP contribution in [0, 0.1) is 5.82 Å². The second kappa shape index (κ2) is 7.06. The van der Waals surface area contributed by atoms with Crippen LogP contribution in [0.1, 0.15) is 10.4 Å². The van der Waals surface area contributed by atoms with Crippen LogP contribution in [0.3, 0.4) is 0 Å². The minimum absolute atomic E-state index is 0.0980. The maximum atomic E-state index is 13.8. The molecular weight excluding hydrogens is 313 g/mol. The Kier molecular flexibility index (Phi) is 4.67. The number of esters is 1. The minimum atomic E-state index is -0.592. The lowest BCUT2D eigenvalue weighted by Crippen LogP contribution is -2.10. The Bertz CT molecular complexity index is 859. The van der Waals surface area contributed by atoms with Gasteiger partial charge in [0.25, 0.3) is 0 Å². The van der Waals surface area contributed by atoms with Crippen molar-refractivity contribution in [2.45, 2.75) is 0 Å². The quantitative estimate of drug-likeness (QED) is 0.728. The van der Waals surface area contributed by atoms with Crippen molar-refractivity contribution >= 4 is 5.97 Å². The fourth-order valence-electron chi connectivity index (χ4n) is 2.25. The molecular formula is C18H14FNO4. The zero-order valence-corrected chi connectivity index (χ0v) is 12.6. The Hall–Kier alpha value is -2.99. The molecule has 1 heterocycles. The maximum absolute atomic E-state index is 13.8. The molecule has 1 aromatic heterocycles. The van der Waals surface area contributed by atoms with E-state index in [1.54, 1.807) is 42.5 Å². The van der Waals surface area contributed by atoms with Crippen molar-refractivity contribution in [2.24, 2.45) is 0 Å². The molecule has 0 bridgehead atoms. The summed E-state index contributed by atoms with van der Waals surface area (Å²) in [5, 5.41) is 8.76. The molecule has 0 saturated carbocycles. The van der Waals surface area contributed by atoms with Crippen LogP contribution in [0.25, 0.3) is 22.8 Å². The van der Waals surface area contributed by atoms with Gasteiger partial charge in [0.15, 0.2) is 5.76 Å². The Morgan fingerprint density at radius 3 is 2.58 bits per heavy atom. The van der Waals surface area contributed by atoms with E-state index in [2.05, 4.69) is 4.98 Å². The Morgan fingerprint density at radius 2 is 1.83 bits per heavy atom. The molecule has 122 valence electrons.